The number of aromatic amines is 2. The van der Waals surface area contributed by atoms with Gasteiger partial charge >= 0.3 is 0 Å². The zero-order valence-corrected chi connectivity index (χ0v) is 15.4. The fourth-order valence-electron chi connectivity index (χ4n) is 3.50. The predicted octanol–water partition coefficient (Wildman–Crippen LogP) is 4.80. The molecule has 0 bridgehead atoms. The summed E-state index contributed by atoms with van der Waals surface area (Å²) in [6.45, 7) is 3.68. The Balaban J connectivity index is 1.60. The number of rotatable bonds is 2. The van der Waals surface area contributed by atoms with Crippen molar-refractivity contribution in [3.8, 4) is 34.0 Å². The summed E-state index contributed by atoms with van der Waals surface area (Å²) in [7, 11) is 0. The number of nitrogens with zero attached hydrogens (tertiary/aromatic N) is 2. The molecule has 0 aliphatic rings. The average molecular weight is 370 g/mol. The molecule has 138 valence electrons. The van der Waals surface area contributed by atoms with E-state index in [-0.39, 0.29) is 11.5 Å². The largest absolute Gasteiger partial charge is 0.508 e. The summed E-state index contributed by atoms with van der Waals surface area (Å²) in [5, 5.41) is 20.2. The molecule has 3 aromatic carbocycles. The number of phenols is 2. The second-order valence-electron chi connectivity index (χ2n) is 7.03. The van der Waals surface area contributed by atoms with E-state index in [2.05, 4.69) is 26.0 Å². The number of H-pyrrole nitrogens is 2. The summed E-state index contributed by atoms with van der Waals surface area (Å²) in [6.07, 6.45) is 0. The van der Waals surface area contributed by atoms with E-state index in [1.54, 1.807) is 6.92 Å². The fraction of sp³-hybridized carbons (Fsp3) is 0.0909. The lowest BCUT2D eigenvalue weighted by molar-refractivity contribution is 0.458. The van der Waals surface area contributed by atoms with E-state index in [1.165, 1.54) is 12.1 Å². The van der Waals surface area contributed by atoms with Crippen molar-refractivity contribution >= 4 is 22.1 Å². The molecule has 0 atom stereocenters. The van der Waals surface area contributed by atoms with Gasteiger partial charge in [0, 0.05) is 0 Å². The standard InChI is InChI=1S/C22H18N4O2/c1-11-7-21(28)15(10-20(11)27)22-25-17-6-4-14(9-19(17)26-22)13-3-5-16-18(8-13)24-12(2)23-16/h3-10,27-28H,1-2H3,(H,23,24)(H,25,26). The van der Waals surface area contributed by atoms with Crippen LogP contribution in [0.1, 0.15) is 11.4 Å². The van der Waals surface area contributed by atoms with Crippen molar-refractivity contribution in [2.24, 2.45) is 0 Å². The topological polar surface area (TPSA) is 97.8 Å². The van der Waals surface area contributed by atoms with Gasteiger partial charge in [-0.05, 0) is 66.9 Å². The number of aryl methyl sites for hydroxylation is 2. The van der Waals surface area contributed by atoms with Crippen LogP contribution in [-0.2, 0) is 0 Å². The van der Waals surface area contributed by atoms with Gasteiger partial charge in [-0.2, -0.15) is 0 Å². The molecule has 0 aliphatic carbocycles. The first kappa shape index (κ1) is 16.4. The SMILES string of the molecule is Cc1nc2ccc(-c3ccc4[nH]c(-c5cc(O)c(C)cc5O)nc4c3)cc2[nH]1. The summed E-state index contributed by atoms with van der Waals surface area (Å²) in [6, 6.07) is 15.2. The average Bonchev–Trinajstić information content (AvgIpc) is 3.25. The number of hydrogen-bond donors (Lipinski definition) is 4. The smallest absolute Gasteiger partial charge is 0.142 e. The minimum atomic E-state index is 0.0784. The minimum absolute atomic E-state index is 0.0784. The molecule has 2 heterocycles. The first-order valence-electron chi connectivity index (χ1n) is 8.97. The zero-order valence-electron chi connectivity index (χ0n) is 15.4. The lowest BCUT2D eigenvalue weighted by Crippen LogP contribution is -1.84. The van der Waals surface area contributed by atoms with Gasteiger partial charge in [-0.25, -0.2) is 9.97 Å². The number of hydrogen-bond acceptors (Lipinski definition) is 4. The second-order valence-corrected chi connectivity index (χ2v) is 7.03. The first-order valence-corrected chi connectivity index (χ1v) is 8.97. The van der Waals surface area contributed by atoms with Gasteiger partial charge in [0.25, 0.3) is 0 Å². The molecule has 0 fully saturated rings. The third-order valence-corrected chi connectivity index (χ3v) is 4.99. The number of imidazole rings is 2. The summed E-state index contributed by atoms with van der Waals surface area (Å²) < 4.78 is 0. The monoisotopic (exact) mass is 370 g/mol. The van der Waals surface area contributed by atoms with Crippen LogP contribution in [0.4, 0.5) is 0 Å². The molecule has 5 rings (SSSR count). The number of phenolic OH excluding ortho intramolecular Hbond substituents is 2. The first-order chi connectivity index (χ1) is 13.5. The van der Waals surface area contributed by atoms with E-state index in [0.717, 1.165) is 39.0 Å². The molecule has 4 N–H and O–H groups in total. The van der Waals surface area contributed by atoms with Gasteiger partial charge in [0.1, 0.15) is 23.1 Å². The van der Waals surface area contributed by atoms with E-state index in [0.29, 0.717) is 17.0 Å². The van der Waals surface area contributed by atoms with E-state index in [1.807, 2.05) is 37.3 Å². The molecule has 0 saturated heterocycles. The maximum absolute atomic E-state index is 10.2. The number of fused-ring (bicyclic) bond motifs is 2. The Hall–Kier alpha value is -3.80. The van der Waals surface area contributed by atoms with E-state index in [4.69, 9.17) is 0 Å². The second kappa shape index (κ2) is 5.85. The van der Waals surface area contributed by atoms with E-state index in [9.17, 15) is 10.2 Å². The summed E-state index contributed by atoms with van der Waals surface area (Å²) in [5.41, 5.74) is 6.77. The molecule has 0 radical (unpaired) electrons. The fourth-order valence-corrected chi connectivity index (χ4v) is 3.50. The molecule has 0 aliphatic heterocycles. The van der Waals surface area contributed by atoms with E-state index >= 15 is 0 Å². The normalized spacial score (nSPS) is 11.5. The lowest BCUT2D eigenvalue weighted by Gasteiger charge is -2.04. The Morgan fingerprint density at radius 3 is 2.36 bits per heavy atom. The molecule has 0 saturated carbocycles. The van der Waals surface area contributed by atoms with Crippen LogP contribution in [-0.4, -0.2) is 30.1 Å². The molecule has 0 amide bonds. The quantitative estimate of drug-likeness (QED) is 0.335. The molecule has 5 aromatic rings. The Bertz CT molecular complexity index is 1360. The number of aromatic nitrogens is 4. The molecule has 28 heavy (non-hydrogen) atoms. The van der Waals surface area contributed by atoms with Crippen molar-refractivity contribution in [1.29, 1.82) is 0 Å². The summed E-state index contributed by atoms with van der Waals surface area (Å²) in [4.78, 5) is 15.5. The van der Waals surface area contributed by atoms with Gasteiger partial charge in [-0.15, -0.1) is 0 Å². The Labute approximate surface area is 160 Å². The number of aromatic hydroxyl groups is 2. The Kier molecular flexibility index (Phi) is 3.42. The van der Waals surface area contributed by atoms with Gasteiger partial charge in [0.15, 0.2) is 0 Å². The third-order valence-electron chi connectivity index (χ3n) is 4.99. The maximum Gasteiger partial charge on any atom is 0.142 e. The van der Waals surface area contributed by atoms with Crippen molar-refractivity contribution in [2.75, 3.05) is 0 Å². The highest BCUT2D eigenvalue weighted by Crippen LogP contribution is 2.35. The molecule has 2 aromatic heterocycles. The Morgan fingerprint density at radius 2 is 1.50 bits per heavy atom. The van der Waals surface area contributed by atoms with Crippen molar-refractivity contribution in [3.63, 3.8) is 0 Å². The van der Waals surface area contributed by atoms with Crippen molar-refractivity contribution in [1.82, 2.24) is 19.9 Å². The summed E-state index contributed by atoms with van der Waals surface area (Å²) >= 11 is 0. The highest BCUT2D eigenvalue weighted by atomic mass is 16.3. The molecular formula is C22H18N4O2. The maximum atomic E-state index is 10.2. The van der Waals surface area contributed by atoms with Crippen LogP contribution >= 0.6 is 0 Å². The van der Waals surface area contributed by atoms with Crippen molar-refractivity contribution in [2.45, 2.75) is 13.8 Å². The van der Waals surface area contributed by atoms with Crippen LogP contribution in [0.5, 0.6) is 11.5 Å². The van der Waals surface area contributed by atoms with Crippen LogP contribution in [0, 0.1) is 13.8 Å². The van der Waals surface area contributed by atoms with Gasteiger partial charge in [-0.3, -0.25) is 0 Å². The van der Waals surface area contributed by atoms with Crippen molar-refractivity contribution < 1.29 is 10.2 Å². The minimum Gasteiger partial charge on any atom is -0.508 e. The lowest BCUT2D eigenvalue weighted by atomic mass is 10.0. The molecular weight excluding hydrogens is 352 g/mol. The highest BCUT2D eigenvalue weighted by molar-refractivity contribution is 5.88. The Morgan fingerprint density at radius 1 is 0.714 bits per heavy atom. The number of nitrogens with one attached hydrogen (secondary N) is 2. The van der Waals surface area contributed by atoms with Crippen LogP contribution in [0.3, 0.4) is 0 Å². The van der Waals surface area contributed by atoms with Gasteiger partial charge in [-0.1, -0.05) is 12.1 Å². The third kappa shape index (κ3) is 2.58. The van der Waals surface area contributed by atoms with E-state index < -0.39 is 0 Å². The zero-order chi connectivity index (χ0) is 19.4. The van der Waals surface area contributed by atoms with Gasteiger partial charge in [0.05, 0.1) is 27.6 Å². The highest BCUT2D eigenvalue weighted by Gasteiger charge is 2.13. The van der Waals surface area contributed by atoms with Crippen LogP contribution < -0.4 is 0 Å². The number of benzene rings is 3. The van der Waals surface area contributed by atoms with Gasteiger partial charge in [0.2, 0.25) is 0 Å². The van der Waals surface area contributed by atoms with Crippen molar-refractivity contribution in [3.05, 3.63) is 59.9 Å². The van der Waals surface area contributed by atoms with Crippen LogP contribution in [0.2, 0.25) is 0 Å². The molecule has 0 spiro atoms. The summed E-state index contributed by atoms with van der Waals surface area (Å²) in [5.74, 6) is 1.60. The molecule has 0 unspecified atom stereocenters. The van der Waals surface area contributed by atoms with Crippen LogP contribution in [0.15, 0.2) is 48.5 Å². The molecule has 6 nitrogen and oxygen atoms in total. The van der Waals surface area contributed by atoms with Crippen LogP contribution in [0.25, 0.3) is 44.6 Å². The molecule has 6 heteroatoms. The predicted molar refractivity (Wildman–Crippen MR) is 109 cm³/mol. The van der Waals surface area contributed by atoms with Gasteiger partial charge < -0.3 is 20.2 Å².